The van der Waals surface area contributed by atoms with Crippen LogP contribution in [0.4, 0.5) is 0 Å². The van der Waals surface area contributed by atoms with Gasteiger partial charge < -0.3 is 10.2 Å². The summed E-state index contributed by atoms with van der Waals surface area (Å²) in [6.07, 6.45) is 10.2. The number of unbranched alkanes of at least 4 members (excludes halogenated alkanes) is 6. The molecule has 0 saturated heterocycles. The average molecular weight is 433 g/mol. The molecule has 0 aliphatic rings. The molecule has 4 heteroatoms. The van der Waals surface area contributed by atoms with E-state index in [1.165, 1.54) is 32.1 Å². The highest BCUT2D eigenvalue weighted by atomic mass is 16.4. The van der Waals surface area contributed by atoms with Gasteiger partial charge >= 0.3 is 11.9 Å². The van der Waals surface area contributed by atoms with Gasteiger partial charge in [-0.2, -0.15) is 0 Å². The third-order valence-corrected chi connectivity index (χ3v) is 6.01. The molecule has 0 amide bonds. The van der Waals surface area contributed by atoms with E-state index in [4.69, 9.17) is 0 Å². The number of aryl methyl sites for hydroxylation is 1. The summed E-state index contributed by atoms with van der Waals surface area (Å²) < 4.78 is 0. The Balaban J connectivity index is 3.23. The van der Waals surface area contributed by atoms with Crippen molar-refractivity contribution in [3.05, 3.63) is 34.9 Å². The van der Waals surface area contributed by atoms with Crippen LogP contribution in [0.15, 0.2) is 18.2 Å². The van der Waals surface area contributed by atoms with Crippen LogP contribution >= 0.6 is 0 Å². The smallest absolute Gasteiger partial charge is 0.311 e. The lowest BCUT2D eigenvalue weighted by Gasteiger charge is -2.26. The highest BCUT2D eigenvalue weighted by Gasteiger charge is 2.31. The largest absolute Gasteiger partial charge is 0.481 e. The summed E-state index contributed by atoms with van der Waals surface area (Å²) in [6, 6.07) is 5.78. The van der Waals surface area contributed by atoms with Gasteiger partial charge in [-0.3, -0.25) is 9.59 Å². The highest BCUT2D eigenvalue weighted by molar-refractivity contribution is 5.81. The van der Waals surface area contributed by atoms with Gasteiger partial charge in [0.25, 0.3) is 0 Å². The Kier molecular flexibility index (Phi) is 12.5. The molecular formula is C27H44O4. The molecule has 0 saturated carbocycles. The second-order valence-corrected chi connectivity index (χ2v) is 9.83. The van der Waals surface area contributed by atoms with Gasteiger partial charge in [0, 0.05) is 0 Å². The van der Waals surface area contributed by atoms with E-state index in [0.717, 1.165) is 30.4 Å². The van der Waals surface area contributed by atoms with Crippen LogP contribution in [0.25, 0.3) is 0 Å². The van der Waals surface area contributed by atoms with Gasteiger partial charge in [-0.15, -0.1) is 0 Å². The van der Waals surface area contributed by atoms with Gasteiger partial charge in [-0.05, 0) is 54.2 Å². The predicted octanol–water partition coefficient (Wildman–Crippen LogP) is 7.41. The SMILES string of the molecule is CCCCCCCCCc1cccc(C(CC(C)C)C(=O)O)c1C(CC(C)C)C(=O)O. The van der Waals surface area contributed by atoms with Crippen LogP contribution in [0.3, 0.4) is 0 Å². The topological polar surface area (TPSA) is 74.6 Å². The molecule has 0 aliphatic carbocycles. The third kappa shape index (κ3) is 9.45. The molecule has 0 fully saturated rings. The van der Waals surface area contributed by atoms with Gasteiger partial charge in [-0.25, -0.2) is 0 Å². The maximum Gasteiger partial charge on any atom is 0.311 e. The van der Waals surface area contributed by atoms with E-state index in [-0.39, 0.29) is 11.8 Å². The molecule has 0 heterocycles. The van der Waals surface area contributed by atoms with Crippen LogP contribution in [-0.4, -0.2) is 22.2 Å². The van der Waals surface area contributed by atoms with Gasteiger partial charge in [0.05, 0.1) is 11.8 Å². The molecule has 2 N–H and O–H groups in total. The van der Waals surface area contributed by atoms with E-state index in [0.29, 0.717) is 18.4 Å². The normalized spacial score (nSPS) is 13.5. The van der Waals surface area contributed by atoms with Gasteiger partial charge in [0.2, 0.25) is 0 Å². The standard InChI is InChI=1S/C27H44O4/c1-6-7-8-9-10-11-12-14-21-15-13-16-22(23(26(28)29)17-19(2)3)25(21)24(27(30)31)18-20(4)5/h13,15-16,19-20,23-24H,6-12,14,17-18H2,1-5H3,(H,28,29)(H,30,31). The van der Waals surface area contributed by atoms with Crippen molar-refractivity contribution in [2.75, 3.05) is 0 Å². The first-order valence-electron chi connectivity index (χ1n) is 12.3. The summed E-state index contributed by atoms with van der Waals surface area (Å²) in [5, 5.41) is 20.0. The van der Waals surface area contributed by atoms with Crippen molar-refractivity contribution in [3.63, 3.8) is 0 Å². The van der Waals surface area contributed by atoms with E-state index in [1.54, 1.807) is 0 Å². The molecule has 1 aromatic carbocycles. The van der Waals surface area contributed by atoms with E-state index in [1.807, 2.05) is 45.9 Å². The minimum Gasteiger partial charge on any atom is -0.481 e. The van der Waals surface area contributed by atoms with Crippen LogP contribution in [-0.2, 0) is 16.0 Å². The zero-order chi connectivity index (χ0) is 23.4. The van der Waals surface area contributed by atoms with Crippen molar-refractivity contribution in [2.24, 2.45) is 11.8 Å². The Morgan fingerprint density at radius 2 is 1.29 bits per heavy atom. The minimum atomic E-state index is -0.864. The molecule has 2 atom stereocenters. The van der Waals surface area contributed by atoms with Crippen molar-refractivity contribution < 1.29 is 19.8 Å². The Morgan fingerprint density at radius 3 is 1.81 bits per heavy atom. The average Bonchev–Trinajstić information content (AvgIpc) is 2.69. The van der Waals surface area contributed by atoms with Crippen LogP contribution in [0.1, 0.15) is 121 Å². The quantitative estimate of drug-likeness (QED) is 0.267. The van der Waals surface area contributed by atoms with Crippen molar-refractivity contribution >= 4 is 11.9 Å². The first kappa shape index (κ1) is 27.2. The predicted molar refractivity (Wildman–Crippen MR) is 128 cm³/mol. The summed E-state index contributed by atoms with van der Waals surface area (Å²) in [7, 11) is 0. The van der Waals surface area contributed by atoms with Crippen molar-refractivity contribution in [2.45, 2.75) is 111 Å². The molecule has 0 spiro atoms. The van der Waals surface area contributed by atoms with Crippen LogP contribution in [0.2, 0.25) is 0 Å². The van der Waals surface area contributed by atoms with Crippen LogP contribution in [0.5, 0.6) is 0 Å². The monoisotopic (exact) mass is 432 g/mol. The Bertz CT molecular complexity index is 678. The van der Waals surface area contributed by atoms with Crippen molar-refractivity contribution in [3.8, 4) is 0 Å². The number of rotatable bonds is 16. The molecular weight excluding hydrogens is 388 g/mol. The van der Waals surface area contributed by atoms with E-state index >= 15 is 0 Å². The molecule has 31 heavy (non-hydrogen) atoms. The lowest BCUT2D eigenvalue weighted by atomic mass is 9.78. The van der Waals surface area contributed by atoms with Gasteiger partial charge in [0.1, 0.15) is 0 Å². The Morgan fingerprint density at radius 1 is 0.774 bits per heavy atom. The molecule has 0 aliphatic heterocycles. The fourth-order valence-corrected chi connectivity index (χ4v) is 4.50. The number of carboxylic acid groups (broad SMARTS) is 2. The molecule has 0 aromatic heterocycles. The maximum atomic E-state index is 12.3. The van der Waals surface area contributed by atoms with E-state index in [2.05, 4.69) is 6.92 Å². The second-order valence-electron chi connectivity index (χ2n) is 9.83. The highest BCUT2D eigenvalue weighted by Crippen LogP contribution is 2.37. The lowest BCUT2D eigenvalue weighted by molar-refractivity contribution is -0.140. The molecule has 0 bridgehead atoms. The zero-order valence-electron chi connectivity index (χ0n) is 20.3. The summed E-state index contributed by atoms with van der Waals surface area (Å²) in [5.41, 5.74) is 2.49. The summed E-state index contributed by atoms with van der Waals surface area (Å²) in [6.45, 7) is 10.3. The van der Waals surface area contributed by atoms with Crippen molar-refractivity contribution in [1.29, 1.82) is 0 Å². The number of hydrogen-bond donors (Lipinski definition) is 2. The Labute approximate surface area is 189 Å². The fraction of sp³-hybridized carbons (Fsp3) is 0.704. The molecule has 2 unspecified atom stereocenters. The molecule has 176 valence electrons. The van der Waals surface area contributed by atoms with Crippen molar-refractivity contribution in [1.82, 2.24) is 0 Å². The van der Waals surface area contributed by atoms with Gasteiger partial charge in [0.15, 0.2) is 0 Å². The fourth-order valence-electron chi connectivity index (χ4n) is 4.50. The lowest BCUT2D eigenvalue weighted by Crippen LogP contribution is -2.22. The number of aliphatic carboxylic acids is 2. The summed E-state index contributed by atoms with van der Waals surface area (Å²) in [4.78, 5) is 24.4. The Hall–Kier alpha value is -1.84. The van der Waals surface area contributed by atoms with Gasteiger partial charge in [-0.1, -0.05) is 91.3 Å². The summed E-state index contributed by atoms with van der Waals surface area (Å²) in [5.74, 6) is -2.61. The second kappa shape index (κ2) is 14.3. The molecule has 1 rings (SSSR count). The molecule has 1 aromatic rings. The maximum absolute atomic E-state index is 12.3. The minimum absolute atomic E-state index is 0.217. The molecule has 0 radical (unpaired) electrons. The number of hydrogen-bond acceptors (Lipinski definition) is 2. The zero-order valence-corrected chi connectivity index (χ0v) is 20.3. The first-order valence-corrected chi connectivity index (χ1v) is 12.3. The molecule has 4 nitrogen and oxygen atoms in total. The van der Waals surface area contributed by atoms with E-state index in [9.17, 15) is 19.8 Å². The van der Waals surface area contributed by atoms with Crippen LogP contribution < -0.4 is 0 Å². The first-order chi connectivity index (χ1) is 14.7. The number of benzene rings is 1. The third-order valence-electron chi connectivity index (χ3n) is 6.01. The summed E-state index contributed by atoms with van der Waals surface area (Å²) >= 11 is 0. The van der Waals surface area contributed by atoms with Crippen LogP contribution in [0, 0.1) is 11.8 Å². The number of carbonyl (C=O) groups is 2. The number of carboxylic acids is 2. The van der Waals surface area contributed by atoms with E-state index < -0.39 is 23.8 Å².